The van der Waals surface area contributed by atoms with E-state index in [-0.39, 0.29) is 49.7 Å². The molecule has 1 aromatic carbocycles. The molecule has 3 rings (SSSR count). The lowest BCUT2D eigenvalue weighted by Crippen LogP contribution is -2.54. The van der Waals surface area contributed by atoms with Gasteiger partial charge in [-0.05, 0) is 70.1 Å². The van der Waals surface area contributed by atoms with Gasteiger partial charge >= 0.3 is 6.18 Å². The molecule has 0 heterocycles. The predicted octanol–water partition coefficient (Wildman–Crippen LogP) is 3.74. The van der Waals surface area contributed by atoms with Crippen molar-refractivity contribution in [2.75, 3.05) is 6.54 Å². The number of halogens is 4. The van der Waals surface area contributed by atoms with E-state index in [9.17, 15) is 26.4 Å². The minimum absolute atomic E-state index is 0.0555. The monoisotopic (exact) mass is 450 g/mol. The lowest BCUT2D eigenvalue weighted by molar-refractivity contribution is -0.137. The van der Waals surface area contributed by atoms with E-state index in [0.717, 1.165) is 37.5 Å². The highest BCUT2D eigenvalue weighted by molar-refractivity contribution is 7.92. The largest absolute Gasteiger partial charge is 0.416 e. The van der Waals surface area contributed by atoms with Crippen LogP contribution in [-0.2, 0) is 20.8 Å². The Bertz CT molecular complexity index is 890. The van der Waals surface area contributed by atoms with Crippen molar-refractivity contribution in [1.29, 1.82) is 0 Å². The number of amides is 1. The Hall–Kier alpha value is -1.68. The number of carbonyl (C=O) groups excluding carboxylic acids is 1. The number of carbonyl (C=O) groups is 1. The highest BCUT2D eigenvalue weighted by atomic mass is 32.2. The Balaban J connectivity index is 1.59. The van der Waals surface area contributed by atoms with Crippen LogP contribution in [0, 0.1) is 0 Å². The van der Waals surface area contributed by atoms with Crippen molar-refractivity contribution in [3.8, 4) is 0 Å². The Morgan fingerprint density at radius 1 is 1.17 bits per heavy atom. The molecule has 0 aliphatic heterocycles. The Labute approximate surface area is 173 Å². The van der Waals surface area contributed by atoms with E-state index < -0.39 is 31.5 Å². The molecule has 0 atom stereocenters. The molecule has 0 unspecified atom stereocenters. The number of sulfone groups is 1. The first kappa shape index (κ1) is 23.0. The van der Waals surface area contributed by atoms with Crippen molar-refractivity contribution >= 4 is 15.7 Å². The quantitative estimate of drug-likeness (QED) is 0.648. The summed E-state index contributed by atoms with van der Waals surface area (Å²) in [5.74, 6) is -0.161. The molecule has 0 aromatic heterocycles. The normalized spacial score (nSPS) is 26.6. The molecule has 0 saturated heterocycles. The molecule has 2 fully saturated rings. The van der Waals surface area contributed by atoms with E-state index in [4.69, 9.17) is 0 Å². The molecule has 5 nitrogen and oxygen atoms in total. The second kappa shape index (κ2) is 8.11. The van der Waals surface area contributed by atoms with Crippen LogP contribution < -0.4 is 10.6 Å². The minimum Gasteiger partial charge on any atom is -0.350 e. The van der Waals surface area contributed by atoms with E-state index in [0.29, 0.717) is 6.07 Å². The van der Waals surface area contributed by atoms with Gasteiger partial charge in [-0.2, -0.15) is 13.2 Å². The number of nitrogens with one attached hydrogen (secondary N) is 2. The third-order valence-corrected chi connectivity index (χ3v) is 8.38. The van der Waals surface area contributed by atoms with Crippen molar-refractivity contribution < 1.29 is 30.8 Å². The Morgan fingerprint density at radius 2 is 1.80 bits per heavy atom. The maximum atomic E-state index is 15.3. The minimum atomic E-state index is -4.71. The molecular weight excluding hydrogens is 424 g/mol. The zero-order valence-electron chi connectivity index (χ0n) is 16.7. The van der Waals surface area contributed by atoms with Crippen molar-refractivity contribution in [1.82, 2.24) is 10.6 Å². The first-order valence-corrected chi connectivity index (χ1v) is 11.5. The van der Waals surface area contributed by atoms with Crippen LogP contribution in [0.1, 0.15) is 57.4 Å². The maximum Gasteiger partial charge on any atom is 0.416 e. The average molecular weight is 450 g/mol. The van der Waals surface area contributed by atoms with Crippen molar-refractivity contribution in [2.24, 2.45) is 0 Å². The first-order chi connectivity index (χ1) is 13.8. The summed E-state index contributed by atoms with van der Waals surface area (Å²) in [6.45, 7) is 2.03. The van der Waals surface area contributed by atoms with Crippen molar-refractivity contribution in [3.05, 3.63) is 29.8 Å². The summed E-state index contributed by atoms with van der Waals surface area (Å²) in [6, 6.07) is 2.95. The SMILES string of the molecule is CC1(NC(=O)CN[C@H]2CC[C@@](F)(S(=O)(=O)c3cccc(C(F)(F)F)c3)CC2)CCC1. The van der Waals surface area contributed by atoms with Crippen LogP contribution in [0.3, 0.4) is 0 Å². The van der Waals surface area contributed by atoms with E-state index in [1.807, 2.05) is 6.92 Å². The van der Waals surface area contributed by atoms with Gasteiger partial charge in [-0.3, -0.25) is 4.79 Å². The smallest absolute Gasteiger partial charge is 0.350 e. The number of rotatable bonds is 6. The predicted molar refractivity (Wildman–Crippen MR) is 103 cm³/mol. The zero-order valence-corrected chi connectivity index (χ0v) is 17.5. The summed E-state index contributed by atoms with van der Waals surface area (Å²) in [5, 5.41) is 3.35. The first-order valence-electron chi connectivity index (χ1n) is 10.00. The second-order valence-electron chi connectivity index (χ2n) is 8.53. The van der Waals surface area contributed by atoms with E-state index in [1.165, 1.54) is 0 Å². The summed E-state index contributed by atoms with van der Waals surface area (Å²) >= 11 is 0. The molecule has 2 aliphatic rings. The fourth-order valence-corrected chi connectivity index (χ4v) is 5.76. The molecule has 30 heavy (non-hydrogen) atoms. The van der Waals surface area contributed by atoms with Crippen LogP contribution in [0.2, 0.25) is 0 Å². The van der Waals surface area contributed by atoms with Gasteiger partial charge in [0.05, 0.1) is 17.0 Å². The summed E-state index contributed by atoms with van der Waals surface area (Å²) in [7, 11) is -4.59. The van der Waals surface area contributed by atoms with Gasteiger partial charge in [0.1, 0.15) is 0 Å². The summed E-state index contributed by atoms with van der Waals surface area (Å²) < 4.78 is 79.5. The highest BCUT2D eigenvalue weighted by Crippen LogP contribution is 2.41. The average Bonchev–Trinajstić information content (AvgIpc) is 2.65. The van der Waals surface area contributed by atoms with Crippen LogP contribution >= 0.6 is 0 Å². The maximum absolute atomic E-state index is 15.3. The summed E-state index contributed by atoms with van der Waals surface area (Å²) in [5.41, 5.74) is -1.30. The number of hydrogen-bond donors (Lipinski definition) is 2. The molecule has 2 saturated carbocycles. The number of alkyl halides is 4. The molecule has 0 bridgehead atoms. The Kier molecular flexibility index (Phi) is 6.21. The topological polar surface area (TPSA) is 75.3 Å². The fraction of sp³-hybridized carbons (Fsp3) is 0.650. The van der Waals surface area contributed by atoms with Crippen LogP contribution in [0.25, 0.3) is 0 Å². The van der Waals surface area contributed by atoms with Gasteiger partial charge in [0, 0.05) is 11.6 Å². The molecule has 2 aliphatic carbocycles. The summed E-state index contributed by atoms with van der Waals surface area (Å²) in [6.07, 6.45) is -2.14. The lowest BCUT2D eigenvalue weighted by atomic mass is 9.78. The van der Waals surface area contributed by atoms with Crippen LogP contribution in [0.15, 0.2) is 29.2 Å². The zero-order chi connectivity index (χ0) is 22.2. The lowest BCUT2D eigenvalue weighted by Gasteiger charge is -2.39. The Morgan fingerprint density at radius 3 is 2.33 bits per heavy atom. The molecule has 1 amide bonds. The van der Waals surface area contributed by atoms with Gasteiger partial charge < -0.3 is 10.6 Å². The van der Waals surface area contributed by atoms with Gasteiger partial charge in [-0.25, -0.2) is 12.8 Å². The standard InChI is InChI=1S/C20H26F4N2O3S/c1-18(8-3-9-18)26-17(27)13-25-15-6-10-19(21,11-7-15)30(28,29)16-5-2-4-14(12-16)20(22,23)24/h2,4-5,12,15,25H,3,6-11,13H2,1H3,(H,26,27)/t15-,19+. The number of hydrogen-bond acceptors (Lipinski definition) is 4. The van der Waals surface area contributed by atoms with Crippen molar-refractivity contribution in [2.45, 2.75) is 79.5 Å². The van der Waals surface area contributed by atoms with Crippen LogP contribution in [0.5, 0.6) is 0 Å². The molecule has 0 spiro atoms. The van der Waals surface area contributed by atoms with Crippen molar-refractivity contribution in [3.63, 3.8) is 0 Å². The third kappa shape index (κ3) is 4.80. The molecule has 1 aromatic rings. The molecule has 10 heteroatoms. The van der Waals surface area contributed by atoms with Crippen LogP contribution in [-0.4, -0.2) is 37.5 Å². The fourth-order valence-electron chi connectivity index (χ4n) is 4.02. The number of benzene rings is 1. The second-order valence-corrected chi connectivity index (χ2v) is 10.7. The van der Waals surface area contributed by atoms with E-state index in [1.54, 1.807) is 0 Å². The molecule has 168 valence electrons. The molecule has 2 N–H and O–H groups in total. The van der Waals surface area contributed by atoms with Crippen LogP contribution in [0.4, 0.5) is 17.6 Å². The van der Waals surface area contributed by atoms with Gasteiger partial charge in [-0.1, -0.05) is 6.07 Å². The van der Waals surface area contributed by atoms with Gasteiger partial charge in [0.15, 0.2) is 0 Å². The molecule has 0 radical (unpaired) electrons. The van der Waals surface area contributed by atoms with E-state index >= 15 is 4.39 Å². The van der Waals surface area contributed by atoms with Gasteiger partial charge in [0.2, 0.25) is 20.7 Å². The molecular formula is C20H26F4N2O3S. The van der Waals surface area contributed by atoms with Gasteiger partial charge in [-0.15, -0.1) is 0 Å². The van der Waals surface area contributed by atoms with Gasteiger partial charge in [0.25, 0.3) is 0 Å². The third-order valence-electron chi connectivity index (χ3n) is 6.14. The summed E-state index contributed by atoms with van der Waals surface area (Å²) in [4.78, 5) is 11.4. The van der Waals surface area contributed by atoms with E-state index in [2.05, 4.69) is 10.6 Å². The highest BCUT2D eigenvalue weighted by Gasteiger charge is 2.48.